The van der Waals surface area contributed by atoms with Crippen LogP contribution < -0.4 is 5.32 Å². The maximum Gasteiger partial charge on any atom is 0.284 e. The molecule has 1 aliphatic heterocycles. The Balaban J connectivity index is 1.85. The van der Waals surface area contributed by atoms with Gasteiger partial charge in [0.2, 0.25) is 0 Å². The standard InChI is InChI=1S/C20H26N4O4S/c1-4-17-19(14(2)28-22-17)20(25)21-15-9-8-10-16(13-15)29(26,27)23-18-11-6-5-7-12-24(18)3/h8-10,13H,4-7,11-12H2,1-3H3,(H,21,25)/b23-18-. The number of aryl methyl sites for hydroxylation is 2. The number of nitrogens with one attached hydrogen (secondary N) is 1. The number of carbonyl (C=O) groups is 1. The van der Waals surface area contributed by atoms with Crippen molar-refractivity contribution in [1.82, 2.24) is 10.1 Å². The van der Waals surface area contributed by atoms with Gasteiger partial charge in [-0.05, 0) is 44.4 Å². The van der Waals surface area contributed by atoms with E-state index >= 15 is 0 Å². The second-order valence-corrected chi connectivity index (χ2v) is 8.71. The molecule has 0 spiro atoms. The second kappa shape index (κ2) is 8.77. The van der Waals surface area contributed by atoms with Crippen LogP contribution in [0.25, 0.3) is 0 Å². The van der Waals surface area contributed by atoms with E-state index in [1.807, 2.05) is 18.9 Å². The molecule has 1 amide bonds. The first-order chi connectivity index (χ1) is 13.8. The van der Waals surface area contributed by atoms with Crippen LogP contribution in [-0.4, -0.2) is 43.8 Å². The summed E-state index contributed by atoms with van der Waals surface area (Å²) in [6, 6.07) is 6.12. The lowest BCUT2D eigenvalue weighted by molar-refractivity contribution is 0.102. The van der Waals surface area contributed by atoms with Crippen LogP contribution in [0.5, 0.6) is 0 Å². The van der Waals surface area contributed by atoms with Gasteiger partial charge in [-0.3, -0.25) is 4.79 Å². The number of likely N-dealkylation sites (tertiary alicyclic amines) is 1. The number of benzene rings is 1. The number of amides is 1. The molecule has 3 rings (SSSR count). The third-order valence-electron chi connectivity index (χ3n) is 4.95. The van der Waals surface area contributed by atoms with Crippen molar-refractivity contribution >= 4 is 27.5 Å². The quantitative estimate of drug-likeness (QED) is 0.798. The van der Waals surface area contributed by atoms with Crippen molar-refractivity contribution in [2.75, 3.05) is 18.9 Å². The van der Waals surface area contributed by atoms with Crippen molar-refractivity contribution in [2.45, 2.75) is 50.8 Å². The van der Waals surface area contributed by atoms with Crippen LogP contribution in [0.3, 0.4) is 0 Å². The fourth-order valence-corrected chi connectivity index (χ4v) is 4.45. The van der Waals surface area contributed by atoms with Crippen molar-refractivity contribution in [1.29, 1.82) is 0 Å². The fraction of sp³-hybridized carbons (Fsp3) is 0.450. The van der Waals surface area contributed by atoms with E-state index in [4.69, 9.17) is 4.52 Å². The highest BCUT2D eigenvalue weighted by molar-refractivity contribution is 7.90. The lowest BCUT2D eigenvalue weighted by atomic mass is 10.1. The molecule has 1 N–H and O–H groups in total. The largest absolute Gasteiger partial charge is 0.362 e. The first-order valence-electron chi connectivity index (χ1n) is 9.73. The van der Waals surface area contributed by atoms with Crippen molar-refractivity contribution in [3.8, 4) is 0 Å². The summed E-state index contributed by atoms with van der Waals surface area (Å²) in [5.41, 5.74) is 1.31. The summed E-state index contributed by atoms with van der Waals surface area (Å²) in [5.74, 6) is 0.612. The van der Waals surface area contributed by atoms with Gasteiger partial charge in [0.1, 0.15) is 17.2 Å². The molecule has 0 aliphatic carbocycles. The van der Waals surface area contributed by atoms with E-state index in [2.05, 4.69) is 14.9 Å². The van der Waals surface area contributed by atoms with E-state index in [0.29, 0.717) is 41.4 Å². The first-order valence-corrected chi connectivity index (χ1v) is 11.2. The predicted octanol–water partition coefficient (Wildman–Crippen LogP) is 3.39. The molecular formula is C20H26N4O4S. The van der Waals surface area contributed by atoms with E-state index in [0.717, 1.165) is 25.8 Å². The molecule has 156 valence electrons. The second-order valence-electron chi connectivity index (χ2n) is 7.11. The zero-order chi connectivity index (χ0) is 21.0. The number of amidine groups is 1. The lowest BCUT2D eigenvalue weighted by Crippen LogP contribution is -2.26. The molecule has 9 heteroatoms. The Kier molecular flexibility index (Phi) is 6.36. The number of hydrogen-bond donors (Lipinski definition) is 1. The molecule has 29 heavy (non-hydrogen) atoms. The normalized spacial score (nSPS) is 16.7. The Morgan fingerprint density at radius 2 is 2.10 bits per heavy atom. The van der Waals surface area contributed by atoms with Crippen molar-refractivity contribution in [3.05, 3.63) is 41.3 Å². The van der Waals surface area contributed by atoms with E-state index in [1.54, 1.807) is 19.1 Å². The highest BCUT2D eigenvalue weighted by atomic mass is 32.2. The highest BCUT2D eigenvalue weighted by Crippen LogP contribution is 2.22. The monoisotopic (exact) mass is 418 g/mol. The molecule has 1 saturated heterocycles. The van der Waals surface area contributed by atoms with Gasteiger partial charge in [-0.1, -0.05) is 24.6 Å². The summed E-state index contributed by atoms with van der Waals surface area (Å²) in [6.07, 6.45) is 4.21. The van der Waals surface area contributed by atoms with Gasteiger partial charge in [0.25, 0.3) is 15.9 Å². The number of nitrogens with zero attached hydrogens (tertiary/aromatic N) is 3. The maximum atomic E-state index is 12.8. The highest BCUT2D eigenvalue weighted by Gasteiger charge is 2.21. The van der Waals surface area contributed by atoms with E-state index in [1.165, 1.54) is 12.1 Å². The molecule has 2 heterocycles. The summed E-state index contributed by atoms with van der Waals surface area (Å²) < 4.78 is 34.8. The zero-order valence-electron chi connectivity index (χ0n) is 16.9. The number of rotatable bonds is 5. The smallest absolute Gasteiger partial charge is 0.284 e. The first kappa shape index (κ1) is 21.0. The van der Waals surface area contributed by atoms with E-state index in [9.17, 15) is 13.2 Å². The summed E-state index contributed by atoms with van der Waals surface area (Å²) in [6.45, 7) is 4.34. The van der Waals surface area contributed by atoms with Crippen molar-refractivity contribution in [2.24, 2.45) is 4.40 Å². The molecule has 0 saturated carbocycles. The average molecular weight is 419 g/mol. The Labute approximate surface area is 171 Å². The summed E-state index contributed by atoms with van der Waals surface area (Å²) in [7, 11) is -2.01. The summed E-state index contributed by atoms with van der Waals surface area (Å²) in [5, 5.41) is 6.61. The summed E-state index contributed by atoms with van der Waals surface area (Å²) in [4.78, 5) is 14.6. The van der Waals surface area contributed by atoms with E-state index < -0.39 is 10.0 Å². The van der Waals surface area contributed by atoms with E-state index in [-0.39, 0.29) is 10.8 Å². The molecule has 0 atom stereocenters. The van der Waals surface area contributed by atoms with Crippen LogP contribution in [0.15, 0.2) is 38.1 Å². The molecule has 1 aliphatic rings. The fourth-order valence-electron chi connectivity index (χ4n) is 3.31. The molecule has 8 nitrogen and oxygen atoms in total. The minimum absolute atomic E-state index is 0.0400. The summed E-state index contributed by atoms with van der Waals surface area (Å²) >= 11 is 0. The Bertz CT molecular complexity index is 1030. The van der Waals surface area contributed by atoms with Gasteiger partial charge < -0.3 is 14.7 Å². The van der Waals surface area contributed by atoms with Crippen LogP contribution in [0.1, 0.15) is 54.4 Å². The van der Waals surface area contributed by atoms with Crippen LogP contribution in [0, 0.1) is 6.92 Å². The topological polar surface area (TPSA) is 105 Å². The van der Waals surface area contributed by atoms with Crippen LogP contribution >= 0.6 is 0 Å². The molecule has 2 aromatic rings. The molecule has 1 aromatic heterocycles. The number of anilines is 1. The van der Waals surface area contributed by atoms with Crippen molar-refractivity contribution < 1.29 is 17.7 Å². The third kappa shape index (κ3) is 4.84. The van der Waals surface area contributed by atoms with Gasteiger partial charge >= 0.3 is 0 Å². The van der Waals surface area contributed by atoms with Crippen molar-refractivity contribution in [3.63, 3.8) is 0 Å². The van der Waals surface area contributed by atoms with Crippen LogP contribution in [0.2, 0.25) is 0 Å². The molecule has 1 fully saturated rings. The average Bonchev–Trinajstić information content (AvgIpc) is 2.96. The molecule has 1 aromatic carbocycles. The van der Waals surface area contributed by atoms with Gasteiger partial charge in [0, 0.05) is 25.7 Å². The number of hydrogen-bond acceptors (Lipinski definition) is 5. The predicted molar refractivity (Wildman–Crippen MR) is 111 cm³/mol. The zero-order valence-corrected chi connectivity index (χ0v) is 17.8. The van der Waals surface area contributed by atoms with Gasteiger partial charge in [-0.15, -0.1) is 4.40 Å². The Morgan fingerprint density at radius 1 is 1.31 bits per heavy atom. The minimum Gasteiger partial charge on any atom is -0.362 e. The van der Waals surface area contributed by atoms with Gasteiger partial charge in [-0.2, -0.15) is 8.42 Å². The molecular weight excluding hydrogens is 392 g/mol. The molecule has 0 unspecified atom stereocenters. The third-order valence-corrected chi connectivity index (χ3v) is 6.25. The van der Waals surface area contributed by atoms with Gasteiger partial charge in [-0.25, -0.2) is 0 Å². The molecule has 0 radical (unpaired) electrons. The molecule has 0 bridgehead atoms. The van der Waals surface area contributed by atoms with Gasteiger partial charge in [0.15, 0.2) is 0 Å². The SMILES string of the molecule is CCc1noc(C)c1C(=O)Nc1cccc(S(=O)(=O)/N=C2/CCCCCN2C)c1. The Morgan fingerprint density at radius 3 is 2.86 bits per heavy atom. The Hall–Kier alpha value is -2.68. The number of aromatic nitrogens is 1. The van der Waals surface area contributed by atoms with Crippen LogP contribution in [0.4, 0.5) is 5.69 Å². The maximum absolute atomic E-state index is 12.8. The number of carbonyl (C=O) groups excluding carboxylic acids is 1. The number of sulfonamides is 1. The van der Waals surface area contributed by atoms with Crippen LogP contribution in [-0.2, 0) is 16.4 Å². The van der Waals surface area contributed by atoms with Gasteiger partial charge in [0.05, 0.1) is 10.6 Å². The minimum atomic E-state index is -3.88. The lowest BCUT2D eigenvalue weighted by Gasteiger charge is -2.17.